The van der Waals surface area contributed by atoms with Gasteiger partial charge in [0.1, 0.15) is 0 Å². The van der Waals surface area contributed by atoms with E-state index < -0.39 is 0 Å². The van der Waals surface area contributed by atoms with Gasteiger partial charge in [-0.2, -0.15) is 0 Å². The lowest BCUT2D eigenvalue weighted by atomic mass is 10.2. The van der Waals surface area contributed by atoms with E-state index in [4.69, 9.17) is 5.11 Å². The molecule has 114 valence electrons. The second kappa shape index (κ2) is 8.70. The van der Waals surface area contributed by atoms with Crippen LogP contribution in [0.25, 0.3) is 0 Å². The lowest BCUT2D eigenvalue weighted by molar-refractivity contribution is -0.124. The van der Waals surface area contributed by atoms with Crippen molar-refractivity contribution in [3.8, 4) is 0 Å². The van der Waals surface area contributed by atoms with Crippen molar-refractivity contribution >= 4 is 29.1 Å². The highest BCUT2D eigenvalue weighted by Gasteiger charge is 2.07. The number of hydrogen-bond acceptors (Lipinski definition) is 4. The molecule has 3 amide bonds. The fraction of sp³-hybridized carbons (Fsp3) is 0.357. The summed E-state index contributed by atoms with van der Waals surface area (Å²) >= 11 is 0. The summed E-state index contributed by atoms with van der Waals surface area (Å²) in [6, 6.07) is 6.73. The van der Waals surface area contributed by atoms with Crippen LogP contribution in [0.5, 0.6) is 0 Å². The summed E-state index contributed by atoms with van der Waals surface area (Å²) in [5.41, 5.74) is 1.13. The lowest BCUT2D eigenvalue weighted by Crippen LogP contribution is -2.27. The molecule has 0 bridgehead atoms. The van der Waals surface area contributed by atoms with Gasteiger partial charge in [0, 0.05) is 37.7 Å². The van der Waals surface area contributed by atoms with Crippen molar-refractivity contribution in [2.75, 3.05) is 23.8 Å². The van der Waals surface area contributed by atoms with E-state index in [-0.39, 0.29) is 43.7 Å². The molecule has 0 aliphatic rings. The summed E-state index contributed by atoms with van der Waals surface area (Å²) in [5.74, 6) is -0.778. The molecule has 0 aromatic heterocycles. The highest BCUT2D eigenvalue weighted by atomic mass is 16.3. The third kappa shape index (κ3) is 7.07. The standard InChI is InChI=1S/C14H19N3O4/c1-10(19)16-11-3-2-4-12(9-11)17-14(21)6-5-13(20)15-7-8-18/h2-4,9,18H,5-8H2,1H3,(H,15,20)(H,16,19)(H,17,21). The Morgan fingerprint density at radius 3 is 2.29 bits per heavy atom. The fourth-order valence-electron chi connectivity index (χ4n) is 1.61. The quantitative estimate of drug-likeness (QED) is 0.586. The van der Waals surface area contributed by atoms with Gasteiger partial charge < -0.3 is 21.1 Å². The van der Waals surface area contributed by atoms with Crippen molar-refractivity contribution in [1.82, 2.24) is 5.32 Å². The van der Waals surface area contributed by atoms with E-state index in [9.17, 15) is 14.4 Å². The number of aliphatic hydroxyl groups is 1. The Bertz CT molecular complexity index is 517. The number of rotatable bonds is 7. The first-order chi connectivity index (χ1) is 10.0. The van der Waals surface area contributed by atoms with E-state index >= 15 is 0 Å². The molecule has 4 N–H and O–H groups in total. The Labute approximate surface area is 122 Å². The van der Waals surface area contributed by atoms with Crippen LogP contribution in [0.3, 0.4) is 0 Å². The molecule has 0 saturated carbocycles. The number of aliphatic hydroxyl groups excluding tert-OH is 1. The molecule has 0 atom stereocenters. The maximum absolute atomic E-state index is 11.7. The van der Waals surface area contributed by atoms with Gasteiger partial charge in [-0.15, -0.1) is 0 Å². The van der Waals surface area contributed by atoms with E-state index in [2.05, 4.69) is 16.0 Å². The van der Waals surface area contributed by atoms with Crippen LogP contribution in [0.15, 0.2) is 24.3 Å². The SMILES string of the molecule is CC(=O)Nc1cccc(NC(=O)CCC(=O)NCCO)c1. The molecule has 1 rings (SSSR count). The Balaban J connectivity index is 2.44. The average Bonchev–Trinajstić information content (AvgIpc) is 2.42. The zero-order valence-electron chi connectivity index (χ0n) is 11.8. The molecule has 21 heavy (non-hydrogen) atoms. The van der Waals surface area contributed by atoms with E-state index in [0.717, 1.165) is 0 Å². The molecule has 0 unspecified atom stereocenters. The summed E-state index contributed by atoms with van der Waals surface area (Å²) in [7, 11) is 0. The van der Waals surface area contributed by atoms with Crippen LogP contribution in [-0.2, 0) is 14.4 Å². The molecule has 0 spiro atoms. The maximum atomic E-state index is 11.7. The van der Waals surface area contributed by atoms with E-state index in [0.29, 0.717) is 11.4 Å². The first kappa shape index (κ1) is 16.6. The highest BCUT2D eigenvalue weighted by Crippen LogP contribution is 2.15. The van der Waals surface area contributed by atoms with Gasteiger partial charge >= 0.3 is 0 Å². The van der Waals surface area contributed by atoms with Gasteiger partial charge in [0.05, 0.1) is 6.61 Å². The molecule has 1 aromatic rings. The first-order valence-corrected chi connectivity index (χ1v) is 6.56. The van der Waals surface area contributed by atoms with Crippen LogP contribution in [0.4, 0.5) is 11.4 Å². The smallest absolute Gasteiger partial charge is 0.224 e. The Morgan fingerprint density at radius 2 is 1.67 bits per heavy atom. The fourth-order valence-corrected chi connectivity index (χ4v) is 1.61. The summed E-state index contributed by atoms with van der Waals surface area (Å²) in [6.45, 7) is 1.45. The second-order valence-corrected chi connectivity index (χ2v) is 4.38. The van der Waals surface area contributed by atoms with Crippen LogP contribution >= 0.6 is 0 Å². The number of hydrogen-bond donors (Lipinski definition) is 4. The zero-order valence-corrected chi connectivity index (χ0v) is 11.8. The third-order valence-electron chi connectivity index (χ3n) is 2.48. The minimum atomic E-state index is -0.297. The number of anilines is 2. The molecule has 7 nitrogen and oxygen atoms in total. The number of carbonyl (C=O) groups is 3. The minimum absolute atomic E-state index is 0.0433. The van der Waals surface area contributed by atoms with E-state index in [1.165, 1.54) is 6.92 Å². The van der Waals surface area contributed by atoms with E-state index in [1.54, 1.807) is 24.3 Å². The summed E-state index contributed by atoms with van der Waals surface area (Å²) in [6.07, 6.45) is 0.0961. The molecule has 0 aliphatic heterocycles. The van der Waals surface area contributed by atoms with Crippen molar-refractivity contribution in [2.45, 2.75) is 19.8 Å². The van der Waals surface area contributed by atoms with Crippen molar-refractivity contribution < 1.29 is 19.5 Å². The van der Waals surface area contributed by atoms with E-state index in [1.807, 2.05) is 0 Å². The van der Waals surface area contributed by atoms with Crippen LogP contribution in [-0.4, -0.2) is 36.0 Å². The highest BCUT2D eigenvalue weighted by molar-refractivity contribution is 5.94. The predicted octanol–water partition coefficient (Wildman–Crippen LogP) is 0.472. The first-order valence-electron chi connectivity index (χ1n) is 6.56. The van der Waals surface area contributed by atoms with Gasteiger partial charge in [-0.05, 0) is 18.2 Å². The van der Waals surface area contributed by atoms with Crippen molar-refractivity contribution in [1.29, 1.82) is 0 Å². The molecule has 7 heteroatoms. The van der Waals surface area contributed by atoms with Crippen molar-refractivity contribution in [3.05, 3.63) is 24.3 Å². The summed E-state index contributed by atoms with van der Waals surface area (Å²) in [5, 5.41) is 16.3. The molecule has 1 aromatic carbocycles. The van der Waals surface area contributed by atoms with Crippen molar-refractivity contribution in [2.24, 2.45) is 0 Å². The normalized spacial score (nSPS) is 9.81. The molecular weight excluding hydrogens is 274 g/mol. The number of benzene rings is 1. The van der Waals surface area contributed by atoms with Crippen LogP contribution in [0.2, 0.25) is 0 Å². The second-order valence-electron chi connectivity index (χ2n) is 4.38. The minimum Gasteiger partial charge on any atom is -0.395 e. The van der Waals surface area contributed by atoms with Gasteiger partial charge in [-0.1, -0.05) is 6.07 Å². The Kier molecular flexibility index (Phi) is 6.90. The number of carbonyl (C=O) groups excluding carboxylic acids is 3. The van der Waals surface area contributed by atoms with Gasteiger partial charge in [0.25, 0.3) is 0 Å². The largest absolute Gasteiger partial charge is 0.395 e. The third-order valence-corrected chi connectivity index (χ3v) is 2.48. The number of amides is 3. The Hall–Kier alpha value is -2.41. The van der Waals surface area contributed by atoms with Crippen LogP contribution in [0, 0.1) is 0 Å². The topological polar surface area (TPSA) is 108 Å². The van der Waals surface area contributed by atoms with Crippen LogP contribution < -0.4 is 16.0 Å². The molecule has 0 saturated heterocycles. The average molecular weight is 293 g/mol. The molecule has 0 fully saturated rings. The van der Waals surface area contributed by atoms with Crippen LogP contribution in [0.1, 0.15) is 19.8 Å². The summed E-state index contributed by atoms with van der Waals surface area (Å²) in [4.78, 5) is 33.9. The monoisotopic (exact) mass is 293 g/mol. The Morgan fingerprint density at radius 1 is 1.05 bits per heavy atom. The van der Waals surface area contributed by atoms with Gasteiger partial charge in [0.2, 0.25) is 17.7 Å². The maximum Gasteiger partial charge on any atom is 0.224 e. The molecule has 0 heterocycles. The summed E-state index contributed by atoms with van der Waals surface area (Å²) < 4.78 is 0. The van der Waals surface area contributed by atoms with Gasteiger partial charge in [-0.25, -0.2) is 0 Å². The molecule has 0 aliphatic carbocycles. The molecular formula is C14H19N3O4. The van der Waals surface area contributed by atoms with Gasteiger partial charge in [-0.3, -0.25) is 14.4 Å². The molecule has 0 radical (unpaired) electrons. The van der Waals surface area contributed by atoms with Gasteiger partial charge in [0.15, 0.2) is 0 Å². The lowest BCUT2D eigenvalue weighted by Gasteiger charge is -2.08. The zero-order chi connectivity index (χ0) is 15.7. The van der Waals surface area contributed by atoms with Crippen molar-refractivity contribution in [3.63, 3.8) is 0 Å². The predicted molar refractivity (Wildman–Crippen MR) is 78.7 cm³/mol. The number of nitrogens with one attached hydrogen (secondary N) is 3.